The highest BCUT2D eigenvalue weighted by Crippen LogP contribution is 2.37. The van der Waals surface area contributed by atoms with Crippen LogP contribution in [0, 0.1) is 13.8 Å². The molecule has 1 aliphatic carbocycles. The number of nitrogens with one attached hydrogen (secondary N) is 1. The molecule has 0 radical (unpaired) electrons. The second-order valence-corrected chi connectivity index (χ2v) is 5.68. The van der Waals surface area contributed by atoms with E-state index in [0.717, 1.165) is 11.1 Å². The highest BCUT2D eigenvalue weighted by atomic mass is 16.5. The fourth-order valence-corrected chi connectivity index (χ4v) is 2.53. The number of aryl methyl sites for hydroxylation is 1. The fraction of sp³-hybridized carbons (Fsp3) is 0.333. The number of methoxy groups -OCH3 is 1. The summed E-state index contributed by atoms with van der Waals surface area (Å²) in [6.45, 7) is 5.84. The highest BCUT2D eigenvalue weighted by Gasteiger charge is 2.18. The molecule has 1 aromatic rings. The van der Waals surface area contributed by atoms with Crippen molar-refractivity contribution in [2.24, 2.45) is 4.99 Å². The predicted molar refractivity (Wildman–Crippen MR) is 95.9 cm³/mol. The molecule has 1 aliphatic rings. The fourth-order valence-electron chi connectivity index (χ4n) is 2.53. The maximum Gasteiger partial charge on any atom is 0.183 e. The van der Waals surface area contributed by atoms with Gasteiger partial charge in [0.25, 0.3) is 0 Å². The van der Waals surface area contributed by atoms with E-state index < -0.39 is 0 Å². The van der Waals surface area contributed by atoms with Gasteiger partial charge in [-0.25, -0.2) is 4.99 Å². The van der Waals surface area contributed by atoms with Crippen molar-refractivity contribution in [2.45, 2.75) is 20.8 Å². The molecule has 1 aromatic carbocycles. The summed E-state index contributed by atoms with van der Waals surface area (Å²) in [6, 6.07) is 1.86. The normalized spacial score (nSPS) is 16.0. The van der Waals surface area contributed by atoms with Crippen molar-refractivity contribution in [1.29, 1.82) is 0 Å². The smallest absolute Gasteiger partial charge is 0.183 e. The lowest BCUT2D eigenvalue weighted by Crippen LogP contribution is -2.26. The van der Waals surface area contributed by atoms with E-state index in [-0.39, 0.29) is 12.4 Å². The lowest BCUT2D eigenvalue weighted by molar-refractivity contribution is -0.111. The molecule has 128 valence electrons. The zero-order valence-corrected chi connectivity index (χ0v) is 14.4. The van der Waals surface area contributed by atoms with Gasteiger partial charge in [-0.3, -0.25) is 4.79 Å². The molecule has 24 heavy (non-hydrogen) atoms. The first kappa shape index (κ1) is 17.7. The van der Waals surface area contributed by atoms with E-state index in [1.54, 1.807) is 20.1 Å². The van der Waals surface area contributed by atoms with Crippen molar-refractivity contribution >= 4 is 22.9 Å². The number of ether oxygens (including phenoxy) is 1. The molecule has 0 heterocycles. The Morgan fingerprint density at radius 2 is 2.00 bits per heavy atom. The van der Waals surface area contributed by atoms with Crippen LogP contribution >= 0.6 is 0 Å². The van der Waals surface area contributed by atoms with Crippen LogP contribution in [-0.4, -0.2) is 36.9 Å². The third-order valence-electron chi connectivity index (χ3n) is 3.92. The summed E-state index contributed by atoms with van der Waals surface area (Å²) in [6.07, 6.45) is 3.22. The van der Waals surface area contributed by atoms with Gasteiger partial charge in [-0.15, -0.1) is 0 Å². The van der Waals surface area contributed by atoms with Crippen LogP contribution in [0.25, 0.3) is 0 Å². The van der Waals surface area contributed by atoms with Crippen LogP contribution in [0.4, 0.5) is 11.4 Å². The van der Waals surface area contributed by atoms with Crippen LogP contribution in [0.1, 0.15) is 18.1 Å². The maximum absolute atomic E-state index is 11.9. The Labute approximate surface area is 141 Å². The Morgan fingerprint density at radius 1 is 1.29 bits per heavy atom. The minimum atomic E-state index is -0.0778. The molecule has 0 aromatic heterocycles. The number of nitrogens with two attached hydrogens (primary N) is 1. The zero-order valence-electron chi connectivity index (χ0n) is 14.4. The molecule has 0 aliphatic heterocycles. The minimum absolute atomic E-state index is 0.0368. The summed E-state index contributed by atoms with van der Waals surface area (Å²) in [5, 5.41) is 12.0. The zero-order chi connectivity index (χ0) is 17.9. The van der Waals surface area contributed by atoms with Crippen LogP contribution in [0.2, 0.25) is 0 Å². The number of aliphatic hydroxyl groups is 1. The molecule has 2 rings (SSSR count). The molecule has 4 N–H and O–H groups in total. The van der Waals surface area contributed by atoms with Crippen molar-refractivity contribution in [2.75, 3.05) is 26.0 Å². The van der Waals surface area contributed by atoms with Gasteiger partial charge in [0.05, 0.1) is 25.1 Å². The van der Waals surface area contributed by atoms with Gasteiger partial charge in [0.1, 0.15) is 11.4 Å². The molecule has 0 amide bonds. The number of benzene rings is 1. The molecule has 0 fully saturated rings. The van der Waals surface area contributed by atoms with Gasteiger partial charge >= 0.3 is 0 Å². The molecule has 0 saturated carbocycles. The monoisotopic (exact) mass is 329 g/mol. The van der Waals surface area contributed by atoms with Crippen LogP contribution in [-0.2, 0) is 4.79 Å². The number of aliphatic imine (C=N–C) groups is 1. The van der Waals surface area contributed by atoms with E-state index in [1.165, 1.54) is 6.08 Å². The maximum atomic E-state index is 11.9. The van der Waals surface area contributed by atoms with Gasteiger partial charge in [0.15, 0.2) is 5.78 Å². The molecule has 6 nitrogen and oxygen atoms in total. The average Bonchev–Trinajstić information content (AvgIpc) is 2.55. The van der Waals surface area contributed by atoms with E-state index >= 15 is 0 Å². The lowest BCUT2D eigenvalue weighted by atomic mass is 10.0. The number of carbonyl (C=O) groups excluding carboxylic acids is 1. The third-order valence-corrected chi connectivity index (χ3v) is 3.92. The largest absolute Gasteiger partial charge is 0.494 e. The summed E-state index contributed by atoms with van der Waals surface area (Å²) >= 11 is 0. The standard InChI is InChI=1S/C18H23N3O3/c1-10-7-14(13(9-16(10)23)20-5-6-22)21-15-8-11(2)17(19)12(3)18(15)24-4/h7-9,20,22H,5-6,19H2,1-4H3/b21-14-. The number of rotatable bonds is 5. The van der Waals surface area contributed by atoms with Crippen molar-refractivity contribution in [3.05, 3.63) is 40.6 Å². The average molecular weight is 329 g/mol. The van der Waals surface area contributed by atoms with Crippen LogP contribution in [0.3, 0.4) is 0 Å². The van der Waals surface area contributed by atoms with Crippen LogP contribution in [0.5, 0.6) is 5.75 Å². The van der Waals surface area contributed by atoms with E-state index in [1.807, 2.05) is 19.9 Å². The topological polar surface area (TPSA) is 96.9 Å². The van der Waals surface area contributed by atoms with E-state index in [4.69, 9.17) is 15.6 Å². The number of aliphatic hydroxyl groups excluding tert-OH is 1. The van der Waals surface area contributed by atoms with Gasteiger partial charge in [0, 0.05) is 23.9 Å². The highest BCUT2D eigenvalue weighted by molar-refractivity contribution is 6.22. The van der Waals surface area contributed by atoms with Gasteiger partial charge in [0.2, 0.25) is 0 Å². The first-order chi connectivity index (χ1) is 11.4. The summed E-state index contributed by atoms with van der Waals surface area (Å²) < 4.78 is 5.46. The molecule has 0 bridgehead atoms. The van der Waals surface area contributed by atoms with Crippen molar-refractivity contribution in [1.82, 2.24) is 5.32 Å². The summed E-state index contributed by atoms with van der Waals surface area (Å²) in [7, 11) is 1.58. The number of hydrogen-bond donors (Lipinski definition) is 3. The molecular formula is C18H23N3O3. The predicted octanol–water partition coefficient (Wildman–Crippen LogP) is 1.96. The Kier molecular flexibility index (Phi) is 5.41. The van der Waals surface area contributed by atoms with Crippen molar-refractivity contribution in [3.8, 4) is 5.75 Å². The Bertz CT molecular complexity index is 761. The molecule has 0 unspecified atom stereocenters. The van der Waals surface area contributed by atoms with Gasteiger partial charge in [-0.2, -0.15) is 0 Å². The number of hydrogen-bond acceptors (Lipinski definition) is 6. The lowest BCUT2D eigenvalue weighted by Gasteiger charge is -2.17. The van der Waals surface area contributed by atoms with Crippen molar-refractivity contribution < 1.29 is 14.6 Å². The molecule has 0 saturated heterocycles. The van der Waals surface area contributed by atoms with Crippen molar-refractivity contribution in [3.63, 3.8) is 0 Å². The molecule has 6 heteroatoms. The van der Waals surface area contributed by atoms with Crippen LogP contribution in [0.15, 0.2) is 34.5 Å². The number of ketones is 1. The number of anilines is 1. The number of nitrogens with zero attached hydrogens (tertiary/aromatic N) is 1. The minimum Gasteiger partial charge on any atom is -0.494 e. The van der Waals surface area contributed by atoms with Crippen LogP contribution < -0.4 is 15.8 Å². The van der Waals surface area contributed by atoms with Gasteiger partial charge in [-0.1, -0.05) is 0 Å². The Balaban J connectivity index is 2.55. The number of nitrogen functional groups attached to an aromatic ring is 1. The summed E-state index contributed by atoms with van der Waals surface area (Å²) in [5.74, 6) is 0.529. The Morgan fingerprint density at radius 3 is 2.62 bits per heavy atom. The SMILES string of the molecule is COc1c(/N=C2/C=C(C)C(=O)C=C2NCCO)cc(C)c(N)c1C. The second kappa shape index (κ2) is 7.31. The molecular weight excluding hydrogens is 306 g/mol. The van der Waals surface area contributed by atoms with E-state index in [9.17, 15) is 4.79 Å². The van der Waals surface area contributed by atoms with E-state index in [0.29, 0.717) is 40.7 Å². The van der Waals surface area contributed by atoms with Gasteiger partial charge < -0.3 is 20.9 Å². The first-order valence-corrected chi connectivity index (χ1v) is 7.70. The molecule has 0 spiro atoms. The summed E-state index contributed by atoms with van der Waals surface area (Å²) in [5.41, 5.74) is 10.9. The second-order valence-electron chi connectivity index (χ2n) is 5.68. The summed E-state index contributed by atoms with van der Waals surface area (Å²) in [4.78, 5) is 16.6. The third kappa shape index (κ3) is 3.49. The Hall–Kier alpha value is -2.60. The number of allylic oxidation sites excluding steroid dienone is 3. The first-order valence-electron chi connectivity index (χ1n) is 7.70. The quantitative estimate of drug-likeness (QED) is 0.567. The van der Waals surface area contributed by atoms with E-state index in [2.05, 4.69) is 10.3 Å². The molecule has 0 atom stereocenters. The van der Waals surface area contributed by atoms with Gasteiger partial charge in [-0.05, 0) is 44.1 Å². The number of carbonyl (C=O) groups is 1.